The third-order valence-corrected chi connectivity index (χ3v) is 1.97. The van der Waals surface area contributed by atoms with Gasteiger partial charge in [0.1, 0.15) is 0 Å². The van der Waals surface area contributed by atoms with Gasteiger partial charge in [-0.3, -0.25) is 9.97 Å². The first-order valence-electron chi connectivity index (χ1n) is 3.78. The summed E-state index contributed by atoms with van der Waals surface area (Å²) in [6.45, 7) is 1.91. The molecular weight excluding hydrogens is 140 g/mol. The van der Waals surface area contributed by atoms with Crippen LogP contribution in [0.25, 0.3) is 0 Å². The van der Waals surface area contributed by atoms with E-state index in [1.807, 2.05) is 6.92 Å². The van der Waals surface area contributed by atoms with Crippen molar-refractivity contribution in [1.29, 1.82) is 0 Å². The molecular formula is C8H10N2O. The molecule has 3 heteroatoms. The van der Waals surface area contributed by atoms with Crippen molar-refractivity contribution >= 4 is 0 Å². The fourth-order valence-corrected chi connectivity index (χ4v) is 1.41. The number of aliphatic hydroxyl groups is 1. The number of hydrogen-bond donors (Lipinski definition) is 1. The predicted molar refractivity (Wildman–Crippen MR) is 40.0 cm³/mol. The molecule has 0 spiro atoms. The van der Waals surface area contributed by atoms with Crippen molar-refractivity contribution < 1.29 is 5.11 Å². The van der Waals surface area contributed by atoms with Crippen molar-refractivity contribution in [1.82, 2.24) is 9.97 Å². The van der Waals surface area contributed by atoms with Gasteiger partial charge in [0.25, 0.3) is 0 Å². The lowest BCUT2D eigenvalue weighted by atomic mass is 10.3. The molecule has 0 amide bonds. The highest BCUT2D eigenvalue weighted by Gasteiger charge is 2.22. The number of fused-ring (bicyclic) bond motifs is 1. The van der Waals surface area contributed by atoms with Crippen LogP contribution in [-0.4, -0.2) is 15.1 Å². The molecule has 2 rings (SSSR count). The second-order valence-electron chi connectivity index (χ2n) is 2.90. The maximum atomic E-state index is 9.37. The lowest BCUT2D eigenvalue weighted by Crippen LogP contribution is -1.97. The molecule has 1 N–H and O–H groups in total. The third kappa shape index (κ3) is 1.01. The van der Waals surface area contributed by atoms with Crippen LogP contribution in [0.3, 0.4) is 0 Å². The van der Waals surface area contributed by atoms with Gasteiger partial charge in [0.15, 0.2) is 0 Å². The van der Waals surface area contributed by atoms with Crippen molar-refractivity contribution in [3.63, 3.8) is 0 Å². The highest BCUT2D eigenvalue weighted by atomic mass is 16.3. The van der Waals surface area contributed by atoms with Crippen LogP contribution in [0.5, 0.6) is 0 Å². The van der Waals surface area contributed by atoms with Crippen molar-refractivity contribution in [3.05, 3.63) is 23.3 Å². The summed E-state index contributed by atoms with van der Waals surface area (Å²) >= 11 is 0. The van der Waals surface area contributed by atoms with Gasteiger partial charge in [0.2, 0.25) is 0 Å². The minimum absolute atomic E-state index is 0.377. The Morgan fingerprint density at radius 2 is 2.45 bits per heavy atom. The molecule has 1 atom stereocenters. The van der Waals surface area contributed by atoms with Crippen LogP contribution in [0.1, 0.15) is 29.6 Å². The van der Waals surface area contributed by atoms with Crippen molar-refractivity contribution in [2.75, 3.05) is 0 Å². The van der Waals surface area contributed by atoms with Gasteiger partial charge in [-0.15, -0.1) is 0 Å². The highest BCUT2D eigenvalue weighted by molar-refractivity contribution is 5.21. The smallest absolute Gasteiger partial charge is 0.0982 e. The van der Waals surface area contributed by atoms with Crippen LogP contribution < -0.4 is 0 Å². The van der Waals surface area contributed by atoms with Gasteiger partial charge in [0, 0.05) is 6.20 Å². The first-order valence-corrected chi connectivity index (χ1v) is 3.78. The van der Waals surface area contributed by atoms with Crippen LogP contribution in [0, 0.1) is 6.92 Å². The quantitative estimate of drug-likeness (QED) is 0.594. The fraction of sp³-hybridized carbons (Fsp3) is 0.500. The summed E-state index contributed by atoms with van der Waals surface area (Å²) in [5.41, 5.74) is 2.67. The van der Waals surface area contributed by atoms with E-state index in [-0.39, 0.29) is 6.10 Å². The van der Waals surface area contributed by atoms with Gasteiger partial charge in [-0.1, -0.05) is 0 Å². The van der Waals surface area contributed by atoms with Gasteiger partial charge in [-0.25, -0.2) is 0 Å². The van der Waals surface area contributed by atoms with Crippen molar-refractivity contribution in [3.8, 4) is 0 Å². The second-order valence-corrected chi connectivity index (χ2v) is 2.90. The molecule has 0 aromatic carbocycles. The number of rotatable bonds is 0. The molecule has 3 nitrogen and oxygen atoms in total. The monoisotopic (exact) mass is 150 g/mol. The number of aryl methyl sites for hydroxylation is 2. The van der Waals surface area contributed by atoms with Crippen LogP contribution >= 0.6 is 0 Å². The summed E-state index contributed by atoms with van der Waals surface area (Å²) in [4.78, 5) is 8.41. The third-order valence-electron chi connectivity index (χ3n) is 1.97. The number of hydrogen-bond acceptors (Lipinski definition) is 3. The Kier molecular flexibility index (Phi) is 1.39. The number of nitrogens with zero attached hydrogens (tertiary/aromatic N) is 2. The SMILES string of the molecule is Cc1cnc2c(n1)CCC2O. The molecule has 0 fully saturated rings. The number of aromatic nitrogens is 2. The summed E-state index contributed by atoms with van der Waals surface area (Å²) in [5, 5.41) is 9.37. The highest BCUT2D eigenvalue weighted by Crippen LogP contribution is 2.26. The molecule has 1 heterocycles. The van der Waals surface area contributed by atoms with Crippen LogP contribution in [0.4, 0.5) is 0 Å². The molecule has 0 bridgehead atoms. The largest absolute Gasteiger partial charge is 0.387 e. The van der Waals surface area contributed by atoms with Crippen LogP contribution in [-0.2, 0) is 6.42 Å². The zero-order valence-corrected chi connectivity index (χ0v) is 6.41. The average Bonchev–Trinajstić information content (AvgIpc) is 2.32. The lowest BCUT2D eigenvalue weighted by molar-refractivity contribution is 0.176. The van der Waals surface area contributed by atoms with Crippen molar-refractivity contribution in [2.24, 2.45) is 0 Å². The molecule has 0 radical (unpaired) electrons. The molecule has 11 heavy (non-hydrogen) atoms. The summed E-state index contributed by atoms with van der Waals surface area (Å²) in [6.07, 6.45) is 2.97. The van der Waals surface area contributed by atoms with Gasteiger partial charge >= 0.3 is 0 Å². The second kappa shape index (κ2) is 2.27. The molecule has 0 aliphatic heterocycles. The van der Waals surface area contributed by atoms with E-state index >= 15 is 0 Å². The Bertz CT molecular complexity index is 285. The van der Waals surface area contributed by atoms with Gasteiger partial charge in [-0.2, -0.15) is 0 Å². The Balaban J connectivity index is 2.50. The van der Waals surface area contributed by atoms with Gasteiger partial charge in [0.05, 0.1) is 23.2 Å². The average molecular weight is 150 g/mol. The Hall–Kier alpha value is -0.960. The van der Waals surface area contributed by atoms with E-state index < -0.39 is 0 Å². The maximum absolute atomic E-state index is 9.37. The van der Waals surface area contributed by atoms with Crippen LogP contribution in [0.2, 0.25) is 0 Å². The topological polar surface area (TPSA) is 46.0 Å². The first kappa shape index (κ1) is 6.73. The Morgan fingerprint density at radius 1 is 1.64 bits per heavy atom. The molecule has 1 aliphatic carbocycles. The standard InChI is InChI=1S/C8H10N2O/c1-5-4-9-8-6(10-5)2-3-7(8)11/h4,7,11H,2-3H2,1H3. The fourth-order valence-electron chi connectivity index (χ4n) is 1.41. The normalized spacial score (nSPS) is 21.8. The molecule has 1 unspecified atom stereocenters. The molecule has 0 saturated heterocycles. The zero-order valence-electron chi connectivity index (χ0n) is 6.41. The molecule has 58 valence electrons. The van der Waals surface area contributed by atoms with E-state index in [4.69, 9.17) is 0 Å². The van der Waals surface area contributed by atoms with E-state index in [9.17, 15) is 5.11 Å². The van der Waals surface area contributed by atoms with E-state index in [1.165, 1.54) is 0 Å². The van der Waals surface area contributed by atoms with Gasteiger partial charge < -0.3 is 5.11 Å². The molecule has 1 aromatic heterocycles. The van der Waals surface area contributed by atoms with Crippen LogP contribution in [0.15, 0.2) is 6.20 Å². The molecule has 0 saturated carbocycles. The Morgan fingerprint density at radius 3 is 3.27 bits per heavy atom. The minimum atomic E-state index is -0.377. The minimum Gasteiger partial charge on any atom is -0.387 e. The number of aliphatic hydroxyl groups excluding tert-OH is 1. The van der Waals surface area contributed by atoms with Gasteiger partial charge in [-0.05, 0) is 19.8 Å². The van der Waals surface area contributed by atoms with Crippen molar-refractivity contribution in [2.45, 2.75) is 25.9 Å². The lowest BCUT2D eigenvalue weighted by Gasteiger charge is -2.00. The summed E-state index contributed by atoms with van der Waals surface area (Å²) in [6, 6.07) is 0. The maximum Gasteiger partial charge on any atom is 0.0982 e. The van der Waals surface area contributed by atoms with E-state index in [2.05, 4.69) is 9.97 Å². The van der Waals surface area contributed by atoms with E-state index in [0.29, 0.717) is 0 Å². The Labute approximate surface area is 65.1 Å². The summed E-state index contributed by atoms with van der Waals surface area (Å²) in [5.74, 6) is 0. The summed E-state index contributed by atoms with van der Waals surface area (Å²) in [7, 11) is 0. The first-order chi connectivity index (χ1) is 5.27. The predicted octanol–water partition coefficient (Wildman–Crippen LogP) is 0.765. The molecule has 1 aliphatic rings. The van der Waals surface area contributed by atoms with E-state index in [0.717, 1.165) is 29.9 Å². The molecule has 1 aromatic rings. The summed E-state index contributed by atoms with van der Waals surface area (Å²) < 4.78 is 0. The van der Waals surface area contributed by atoms with E-state index in [1.54, 1.807) is 6.20 Å². The zero-order chi connectivity index (χ0) is 7.84.